The van der Waals surface area contributed by atoms with E-state index >= 15 is 0 Å². The third-order valence-corrected chi connectivity index (χ3v) is 18.4. The van der Waals surface area contributed by atoms with E-state index in [2.05, 4.69) is 16.1 Å². The molecule has 7 N–H and O–H groups in total. The van der Waals surface area contributed by atoms with Gasteiger partial charge in [0.15, 0.2) is 0 Å². The van der Waals surface area contributed by atoms with E-state index < -0.39 is 29.5 Å². The predicted octanol–water partition coefficient (Wildman–Crippen LogP) is 10.5. The lowest BCUT2D eigenvalue weighted by Crippen LogP contribution is -2.46. The molecule has 0 aliphatic carbocycles. The first-order chi connectivity index (χ1) is 35.3. The number of benzene rings is 6. The number of cyclic esters (lactones) is 2. The summed E-state index contributed by atoms with van der Waals surface area (Å²) in [4.78, 5) is 41.3. The average molecular weight is 1050 g/mol. The van der Waals surface area contributed by atoms with Crippen LogP contribution in [-0.4, -0.2) is 91.7 Å². The highest BCUT2D eigenvalue weighted by atomic mass is 35.5. The summed E-state index contributed by atoms with van der Waals surface area (Å²) in [5.74, 6) is -1.24. The van der Waals surface area contributed by atoms with Crippen LogP contribution in [0.25, 0.3) is 49.0 Å². The van der Waals surface area contributed by atoms with Gasteiger partial charge in [-0.05, 0) is 116 Å². The molecule has 0 atom stereocenters. The summed E-state index contributed by atoms with van der Waals surface area (Å²) in [6.45, 7) is 16.8. The minimum atomic E-state index is -2.66. The molecule has 73 heavy (non-hydrogen) atoms. The zero-order chi connectivity index (χ0) is 52.5. The first-order valence-corrected chi connectivity index (χ1v) is 29.0. The number of imidazole rings is 1. The van der Waals surface area contributed by atoms with Crippen molar-refractivity contribution in [3.8, 4) is 0 Å². The number of ether oxygens (including phenoxy) is 1. The van der Waals surface area contributed by atoms with Crippen molar-refractivity contribution >= 4 is 107 Å². The number of esters is 2. The normalized spacial score (nSPS) is 12.3. The Morgan fingerprint density at radius 2 is 1.10 bits per heavy atom. The molecule has 0 unspecified atom stereocenters. The number of nitrogens with one attached hydrogen (secondary N) is 1. The van der Waals surface area contributed by atoms with Crippen molar-refractivity contribution in [1.82, 2.24) is 9.38 Å². The van der Waals surface area contributed by atoms with Gasteiger partial charge in [0.25, 0.3) is 5.56 Å². The van der Waals surface area contributed by atoms with Crippen molar-refractivity contribution in [2.45, 2.75) is 66.5 Å². The number of halogens is 1. The third-order valence-electron chi connectivity index (χ3n) is 11.7. The van der Waals surface area contributed by atoms with Crippen molar-refractivity contribution in [3.63, 3.8) is 0 Å². The summed E-state index contributed by atoms with van der Waals surface area (Å²) < 4.78 is 41.2. The van der Waals surface area contributed by atoms with Crippen molar-refractivity contribution in [3.05, 3.63) is 136 Å². The summed E-state index contributed by atoms with van der Waals surface area (Å²) >= 11 is 6.01. The number of nitrogen functional groups attached to an aromatic ring is 2. The SMILES string of the molecule is CCO[Si](CCCN)(OCC)OCC.CCO[Si](CCCNc1ccc2c(=O)n3c4ccccc4nc3c3cccc1c23)(OCC)OCC.Nc1ccccc1N.O=C1OC(=O)c2ccc(Cl)c3cccc1c23. The number of pyridine rings is 1. The van der Waals surface area contributed by atoms with E-state index in [1.807, 2.05) is 102 Å². The molecule has 0 saturated heterocycles. The standard InChI is InChI=1S/C27H31N3O4Si.C12H5ClO3.C9H23NO3Si.C6H8N2/c1-4-32-35(33-5-2,34-6-3)18-10-17-28-22-16-15-21-25-19(22)11-9-12-20(25)26-29-23-13-7-8-14-24(23)30(26)27(21)31;13-9-5-4-8-10-6(9)2-1-3-7(10)11(14)16-12(8)15;1-4-11-14(12-5-2,13-6-3)9-7-8-10;7-5-3-1-2-4-6(5)8/h7-9,11-16,28H,4-6,10,17-18H2,1-3H3;1-5H;4-10H2,1-3H3;1-4H,7-8H2. The van der Waals surface area contributed by atoms with Crippen LogP contribution in [0.4, 0.5) is 17.1 Å². The van der Waals surface area contributed by atoms with Crippen molar-refractivity contribution in [2.24, 2.45) is 5.73 Å². The quantitative estimate of drug-likeness (QED) is 0.0183. The van der Waals surface area contributed by atoms with E-state index in [-0.39, 0.29) is 5.56 Å². The second-order valence-electron chi connectivity index (χ2n) is 16.5. The smallest absolute Gasteiger partial charge is 0.397 e. The fourth-order valence-electron chi connectivity index (χ4n) is 8.72. The van der Waals surface area contributed by atoms with Gasteiger partial charge in [0.05, 0.1) is 33.5 Å². The van der Waals surface area contributed by atoms with E-state index in [1.54, 1.807) is 46.9 Å². The molecule has 0 bridgehead atoms. The molecule has 3 heterocycles. The molecule has 2 aromatic heterocycles. The zero-order valence-electron chi connectivity index (χ0n) is 42.5. The van der Waals surface area contributed by atoms with Crippen LogP contribution in [0.2, 0.25) is 17.1 Å². The van der Waals surface area contributed by atoms with Crippen LogP contribution in [0.15, 0.2) is 114 Å². The van der Waals surface area contributed by atoms with Crippen LogP contribution in [0.3, 0.4) is 0 Å². The molecule has 19 heteroatoms. The number of nitrogens with zero attached hydrogens (tertiary/aromatic N) is 2. The Hall–Kier alpha value is -6.04. The fraction of sp³-hybridized carbons (Fsp3) is 0.333. The predicted molar refractivity (Wildman–Crippen MR) is 297 cm³/mol. The maximum atomic E-state index is 13.5. The monoisotopic (exact) mass is 1050 g/mol. The van der Waals surface area contributed by atoms with E-state index in [1.165, 1.54) is 0 Å². The number of aromatic nitrogens is 2. The first kappa shape index (κ1) is 56.3. The number of nitrogens with two attached hydrogens (primary N) is 3. The summed E-state index contributed by atoms with van der Waals surface area (Å²) in [5.41, 5.74) is 21.7. The molecule has 1 aliphatic rings. The number of hydrogen-bond donors (Lipinski definition) is 4. The number of carbonyl (C=O) groups excluding carboxylic acids is 2. The van der Waals surface area contributed by atoms with E-state index in [9.17, 15) is 14.4 Å². The van der Waals surface area contributed by atoms with Crippen molar-refractivity contribution in [1.29, 1.82) is 0 Å². The Labute approximate surface area is 433 Å². The van der Waals surface area contributed by atoms with Crippen LogP contribution < -0.4 is 28.1 Å². The Morgan fingerprint density at radius 3 is 1.67 bits per heavy atom. The largest absolute Gasteiger partial charge is 0.500 e. The van der Waals surface area contributed by atoms with Gasteiger partial charge in [-0.2, -0.15) is 0 Å². The molecule has 6 aromatic carbocycles. The highest BCUT2D eigenvalue weighted by Gasteiger charge is 2.40. The Balaban J connectivity index is 0.000000188. The summed E-state index contributed by atoms with van der Waals surface area (Å²) in [7, 11) is -5.06. The van der Waals surface area contributed by atoms with Crippen molar-refractivity contribution < 1.29 is 40.9 Å². The number of carbonyl (C=O) groups is 2. The minimum Gasteiger partial charge on any atom is -0.397 e. The Kier molecular flexibility index (Phi) is 20.6. The van der Waals surface area contributed by atoms with Gasteiger partial charge in [-0.15, -0.1) is 0 Å². The van der Waals surface area contributed by atoms with Gasteiger partial charge in [0.2, 0.25) is 0 Å². The van der Waals surface area contributed by atoms with Gasteiger partial charge in [-0.3, -0.25) is 9.20 Å². The van der Waals surface area contributed by atoms with Crippen LogP contribution >= 0.6 is 11.6 Å². The van der Waals surface area contributed by atoms with Crippen LogP contribution in [-0.2, 0) is 31.3 Å². The third kappa shape index (κ3) is 13.2. The van der Waals surface area contributed by atoms with E-state index in [0.29, 0.717) is 95.5 Å². The zero-order valence-corrected chi connectivity index (χ0v) is 45.2. The maximum absolute atomic E-state index is 13.5. The highest BCUT2D eigenvalue weighted by molar-refractivity contribution is 6.61. The number of anilines is 3. The molecule has 8 aromatic rings. The van der Waals surface area contributed by atoms with E-state index in [0.717, 1.165) is 64.4 Å². The molecular formula is C54H67ClN6O10Si2. The van der Waals surface area contributed by atoms with Gasteiger partial charge in [-0.1, -0.05) is 66.2 Å². The molecule has 388 valence electrons. The fourth-order valence-corrected chi connectivity index (χ4v) is 14.2. The molecule has 0 amide bonds. The van der Waals surface area contributed by atoms with Gasteiger partial charge in [0, 0.05) is 101 Å². The second kappa shape index (κ2) is 26.8. The first-order valence-electron chi connectivity index (χ1n) is 24.8. The highest BCUT2D eigenvalue weighted by Crippen LogP contribution is 2.35. The summed E-state index contributed by atoms with van der Waals surface area (Å²) in [6.07, 6.45) is 1.75. The number of fused-ring (bicyclic) bond motifs is 4. The van der Waals surface area contributed by atoms with Gasteiger partial charge >= 0.3 is 29.5 Å². The number of para-hydroxylation sites is 4. The molecule has 0 saturated carbocycles. The Bertz CT molecular complexity index is 3100. The second-order valence-corrected chi connectivity index (χ2v) is 22.3. The van der Waals surface area contributed by atoms with Crippen molar-refractivity contribution in [2.75, 3.05) is 69.5 Å². The summed E-state index contributed by atoms with van der Waals surface area (Å²) in [6, 6.07) is 35.0. The molecule has 1 aliphatic heterocycles. The molecule has 9 rings (SSSR count). The maximum Gasteiger partial charge on any atom is 0.500 e. The lowest BCUT2D eigenvalue weighted by molar-refractivity contribution is 0.0390. The number of rotatable bonds is 20. The molecule has 16 nitrogen and oxygen atoms in total. The topological polar surface area (TPSA) is 223 Å². The minimum absolute atomic E-state index is 0.0372. The van der Waals surface area contributed by atoms with Gasteiger partial charge in [0.1, 0.15) is 5.65 Å². The van der Waals surface area contributed by atoms with Crippen LogP contribution in [0.5, 0.6) is 0 Å². The van der Waals surface area contributed by atoms with Crippen LogP contribution in [0.1, 0.15) is 75.1 Å². The van der Waals surface area contributed by atoms with Gasteiger partial charge in [-0.25, -0.2) is 14.6 Å². The summed E-state index contributed by atoms with van der Waals surface area (Å²) in [5, 5.41) is 9.02. The average Bonchev–Trinajstić information content (AvgIpc) is 3.78. The lowest BCUT2D eigenvalue weighted by atomic mass is 9.97. The Morgan fingerprint density at radius 1 is 0.575 bits per heavy atom. The number of hydrogen-bond acceptors (Lipinski definition) is 15. The van der Waals surface area contributed by atoms with Gasteiger partial charge < -0.3 is 53.8 Å². The molecule has 0 spiro atoms. The molecule has 0 fully saturated rings. The van der Waals surface area contributed by atoms with E-state index in [4.69, 9.17) is 60.3 Å². The molecule has 0 radical (unpaired) electrons. The molecular weight excluding hydrogens is 984 g/mol. The lowest BCUT2D eigenvalue weighted by Gasteiger charge is -2.28. The van der Waals surface area contributed by atoms with Crippen LogP contribution in [0, 0.1) is 0 Å².